The van der Waals surface area contributed by atoms with Crippen LogP contribution in [0.25, 0.3) is 0 Å². The van der Waals surface area contributed by atoms with Gasteiger partial charge in [-0.1, -0.05) is 25.5 Å². The van der Waals surface area contributed by atoms with E-state index in [9.17, 15) is 4.79 Å². The van der Waals surface area contributed by atoms with E-state index in [1.165, 1.54) is 18.4 Å². The van der Waals surface area contributed by atoms with Crippen molar-refractivity contribution in [3.63, 3.8) is 0 Å². The second-order valence-corrected chi connectivity index (χ2v) is 8.94. The van der Waals surface area contributed by atoms with Crippen LogP contribution in [0.1, 0.15) is 40.5 Å². The molecule has 1 aliphatic heterocycles. The first kappa shape index (κ1) is 18.7. The van der Waals surface area contributed by atoms with Crippen molar-refractivity contribution in [1.29, 1.82) is 0 Å². The molecule has 0 radical (unpaired) electrons. The molecule has 5 nitrogen and oxygen atoms in total. The Kier molecular flexibility index (Phi) is 5.74. The molecule has 0 spiro atoms. The Morgan fingerprint density at radius 1 is 1.40 bits per heavy atom. The smallest absolute Gasteiger partial charge is 0.317 e. The average molecular weight is 349 g/mol. The predicted octanol–water partition coefficient (Wildman–Crippen LogP) is 2.30. The Morgan fingerprint density at radius 3 is 2.72 bits per heavy atom. The van der Waals surface area contributed by atoms with Crippen LogP contribution in [0.5, 0.6) is 0 Å². The maximum atomic E-state index is 12.7. The molecule has 2 fully saturated rings. The number of urea groups is 1. The number of hydrogen-bond acceptors (Lipinski definition) is 3. The molecule has 0 aromatic carbocycles. The van der Waals surface area contributed by atoms with Crippen molar-refractivity contribution in [3.05, 3.63) is 11.6 Å². The van der Waals surface area contributed by atoms with Crippen LogP contribution in [0, 0.1) is 17.3 Å². The molecule has 4 aliphatic rings. The summed E-state index contributed by atoms with van der Waals surface area (Å²) in [6, 6.07) is 0.268. The molecule has 1 saturated carbocycles. The third-order valence-corrected chi connectivity index (χ3v) is 6.55. The summed E-state index contributed by atoms with van der Waals surface area (Å²) < 4.78 is 0. The van der Waals surface area contributed by atoms with Gasteiger partial charge in [-0.3, -0.25) is 4.90 Å². The minimum Gasteiger partial charge on any atom is -0.336 e. The van der Waals surface area contributed by atoms with Crippen LogP contribution in [0.15, 0.2) is 11.6 Å². The Balaban J connectivity index is 1.61. The SMILES string of the molecule is CC(C)NC(=O)N(CCN1CCNCC1)CC1=CC[C@H]2C[C@@H]1C2(C)C. The van der Waals surface area contributed by atoms with Crippen LogP contribution in [0.2, 0.25) is 0 Å². The number of carbonyl (C=O) groups is 1. The van der Waals surface area contributed by atoms with Crippen molar-refractivity contribution in [2.75, 3.05) is 45.8 Å². The van der Waals surface area contributed by atoms with Crippen LogP contribution >= 0.6 is 0 Å². The van der Waals surface area contributed by atoms with Crippen LogP contribution in [0.3, 0.4) is 0 Å². The fraction of sp³-hybridized carbons (Fsp3) is 0.850. The molecule has 142 valence electrons. The Morgan fingerprint density at radius 2 is 2.12 bits per heavy atom. The van der Waals surface area contributed by atoms with Gasteiger partial charge >= 0.3 is 6.03 Å². The first-order valence-electron chi connectivity index (χ1n) is 10.1. The highest BCUT2D eigenvalue weighted by Gasteiger charge is 2.51. The molecule has 2 atom stereocenters. The summed E-state index contributed by atoms with van der Waals surface area (Å²) in [6.07, 6.45) is 4.93. The van der Waals surface area contributed by atoms with Gasteiger partial charge in [0.25, 0.3) is 0 Å². The molecule has 25 heavy (non-hydrogen) atoms. The maximum Gasteiger partial charge on any atom is 0.317 e. The van der Waals surface area contributed by atoms with E-state index >= 15 is 0 Å². The zero-order valence-electron chi connectivity index (χ0n) is 16.5. The van der Waals surface area contributed by atoms with Crippen LogP contribution < -0.4 is 10.6 Å². The summed E-state index contributed by atoms with van der Waals surface area (Å²) in [5.41, 5.74) is 1.91. The number of fused-ring (bicyclic) bond motifs is 1. The molecule has 4 rings (SSSR count). The fourth-order valence-electron chi connectivity index (χ4n) is 4.66. The van der Waals surface area contributed by atoms with Gasteiger partial charge in [0.1, 0.15) is 0 Å². The van der Waals surface area contributed by atoms with E-state index in [4.69, 9.17) is 0 Å². The van der Waals surface area contributed by atoms with Crippen molar-refractivity contribution in [3.8, 4) is 0 Å². The lowest BCUT2D eigenvalue weighted by Crippen LogP contribution is -2.53. The zero-order chi connectivity index (χ0) is 18.0. The molecular formula is C20H36N4O. The number of nitrogens with one attached hydrogen (secondary N) is 2. The highest BCUT2D eigenvalue weighted by atomic mass is 16.2. The minimum absolute atomic E-state index is 0.0882. The standard InChI is InChI=1S/C20H36N4O/c1-15(2)22-19(25)24(12-11-23-9-7-21-8-10-23)14-16-5-6-17-13-18(16)20(17,3)4/h5,15,17-18,21H,6-14H2,1-4H3,(H,22,25)/t17-,18-/m0/s1. The number of hydrogen-bond donors (Lipinski definition) is 2. The van der Waals surface area contributed by atoms with Crippen molar-refractivity contribution >= 4 is 6.03 Å². The third kappa shape index (κ3) is 4.20. The summed E-state index contributed by atoms with van der Waals surface area (Å²) in [5, 5.41) is 6.49. The van der Waals surface area contributed by atoms with E-state index < -0.39 is 0 Å². The summed E-state index contributed by atoms with van der Waals surface area (Å²) in [5.74, 6) is 1.51. The lowest BCUT2D eigenvalue weighted by atomic mass is 9.49. The number of allylic oxidation sites excluding steroid dienone is 1. The van der Waals surface area contributed by atoms with Gasteiger partial charge in [-0.05, 0) is 43.9 Å². The predicted molar refractivity (Wildman–Crippen MR) is 103 cm³/mol. The van der Waals surface area contributed by atoms with Gasteiger partial charge in [0.2, 0.25) is 0 Å². The van der Waals surface area contributed by atoms with Crippen molar-refractivity contribution in [2.24, 2.45) is 17.3 Å². The molecule has 3 aliphatic carbocycles. The minimum atomic E-state index is 0.0882. The first-order valence-corrected chi connectivity index (χ1v) is 10.1. The molecular weight excluding hydrogens is 312 g/mol. The molecule has 5 heteroatoms. The summed E-state index contributed by atoms with van der Waals surface area (Å²) >= 11 is 0. The average Bonchev–Trinajstić information content (AvgIpc) is 2.58. The molecule has 2 bridgehead atoms. The van der Waals surface area contributed by atoms with Gasteiger partial charge in [0.15, 0.2) is 0 Å². The van der Waals surface area contributed by atoms with Crippen LogP contribution in [-0.2, 0) is 0 Å². The molecule has 0 aromatic heterocycles. The first-order chi connectivity index (χ1) is 11.9. The highest BCUT2D eigenvalue weighted by Crippen LogP contribution is 2.59. The Labute approximate surface area is 153 Å². The topological polar surface area (TPSA) is 47.6 Å². The molecule has 1 saturated heterocycles. The van der Waals surface area contributed by atoms with E-state index in [1.54, 1.807) is 0 Å². The third-order valence-electron chi connectivity index (χ3n) is 6.55. The van der Waals surface area contributed by atoms with Gasteiger partial charge in [-0.2, -0.15) is 0 Å². The normalized spacial score (nSPS) is 28.3. The fourth-order valence-corrected chi connectivity index (χ4v) is 4.66. The van der Waals surface area contributed by atoms with E-state index in [1.807, 2.05) is 18.7 Å². The monoisotopic (exact) mass is 348 g/mol. The van der Waals surface area contributed by atoms with E-state index in [2.05, 4.69) is 35.5 Å². The lowest BCUT2D eigenvalue weighted by Gasteiger charge is -2.57. The van der Waals surface area contributed by atoms with Gasteiger partial charge in [0, 0.05) is 51.9 Å². The van der Waals surface area contributed by atoms with Gasteiger partial charge in [0.05, 0.1) is 0 Å². The van der Waals surface area contributed by atoms with E-state index in [0.29, 0.717) is 11.3 Å². The highest BCUT2D eigenvalue weighted by molar-refractivity contribution is 5.74. The Bertz CT molecular complexity index is 508. The molecule has 0 unspecified atom stereocenters. The van der Waals surface area contributed by atoms with Gasteiger partial charge in [-0.25, -0.2) is 4.79 Å². The lowest BCUT2D eigenvalue weighted by molar-refractivity contribution is -0.00980. The number of amides is 2. The zero-order valence-corrected chi connectivity index (χ0v) is 16.5. The number of carbonyl (C=O) groups excluding carboxylic acids is 1. The molecule has 1 heterocycles. The molecule has 0 aromatic rings. The number of nitrogens with zero attached hydrogens (tertiary/aromatic N) is 2. The van der Waals surface area contributed by atoms with Crippen molar-refractivity contribution in [2.45, 2.75) is 46.6 Å². The second-order valence-electron chi connectivity index (χ2n) is 8.94. The second kappa shape index (κ2) is 7.67. The quantitative estimate of drug-likeness (QED) is 0.724. The summed E-state index contributed by atoms with van der Waals surface area (Å²) in [7, 11) is 0. The van der Waals surface area contributed by atoms with Crippen molar-refractivity contribution < 1.29 is 4.79 Å². The molecule has 2 amide bonds. The van der Waals surface area contributed by atoms with E-state index in [0.717, 1.165) is 51.7 Å². The van der Waals surface area contributed by atoms with Gasteiger partial charge in [-0.15, -0.1) is 0 Å². The van der Waals surface area contributed by atoms with Crippen molar-refractivity contribution in [1.82, 2.24) is 20.4 Å². The largest absolute Gasteiger partial charge is 0.336 e. The van der Waals surface area contributed by atoms with E-state index in [-0.39, 0.29) is 12.1 Å². The molecule has 2 N–H and O–H groups in total. The summed E-state index contributed by atoms with van der Waals surface area (Å²) in [4.78, 5) is 17.2. The summed E-state index contributed by atoms with van der Waals surface area (Å²) in [6.45, 7) is 15.7. The van der Waals surface area contributed by atoms with Gasteiger partial charge < -0.3 is 15.5 Å². The van der Waals surface area contributed by atoms with Crippen LogP contribution in [-0.4, -0.2) is 67.7 Å². The van der Waals surface area contributed by atoms with Crippen LogP contribution in [0.4, 0.5) is 4.79 Å². The maximum absolute atomic E-state index is 12.7. The number of piperazine rings is 1. The Hall–Kier alpha value is -1.07. The number of rotatable bonds is 6.